The first kappa shape index (κ1) is 28.3. The van der Waals surface area contributed by atoms with Crippen LogP contribution in [0.3, 0.4) is 0 Å². The normalized spacial score (nSPS) is 14.6. The minimum Gasteiger partial charge on any atom is -0.345 e. The van der Waals surface area contributed by atoms with E-state index in [-0.39, 0.29) is 22.0 Å². The molecule has 0 atom stereocenters. The zero-order valence-corrected chi connectivity index (χ0v) is 22.9. The summed E-state index contributed by atoms with van der Waals surface area (Å²) >= 11 is 5.95. The van der Waals surface area contributed by atoms with Gasteiger partial charge in [-0.15, -0.1) is 0 Å². The molecule has 4 rings (SSSR count). The molecule has 3 amide bonds. The van der Waals surface area contributed by atoms with E-state index in [1.54, 1.807) is 24.3 Å². The molecule has 0 bridgehead atoms. The molecular weight excluding hydrogens is 523 g/mol. The summed E-state index contributed by atoms with van der Waals surface area (Å²) in [4.78, 5) is 47.6. The van der Waals surface area contributed by atoms with Gasteiger partial charge >= 0.3 is 0 Å². The first-order valence-electron chi connectivity index (χ1n) is 12.8. The standard InChI is InChI=1S/C28H32ClFN6O3/c1-17-10-12-36(13-11-17)15-28(2,3)35-27(39)24-23(31-16-32-24)26(38)34-20-7-5-19(6-8-20)33-25(37)21-9-4-18(30)14-22(21)29/h4-9,14,16-17H,10-13,15H2,1-3H3,(H,31,32)(H,33,37)(H,34,38)(H,35,39). The second-order valence-corrected chi connectivity index (χ2v) is 10.9. The lowest BCUT2D eigenvalue weighted by Gasteiger charge is -2.37. The van der Waals surface area contributed by atoms with Crippen molar-refractivity contribution in [2.24, 2.45) is 5.92 Å². The molecule has 206 valence electrons. The summed E-state index contributed by atoms with van der Waals surface area (Å²) in [7, 11) is 0. The fourth-order valence-electron chi connectivity index (χ4n) is 4.53. The minimum absolute atomic E-state index is 0.000238. The molecule has 1 fully saturated rings. The predicted octanol–water partition coefficient (Wildman–Crippen LogP) is 4.95. The van der Waals surface area contributed by atoms with Gasteiger partial charge in [-0.3, -0.25) is 14.4 Å². The van der Waals surface area contributed by atoms with E-state index in [2.05, 4.69) is 37.7 Å². The van der Waals surface area contributed by atoms with Crippen molar-refractivity contribution in [2.45, 2.75) is 39.2 Å². The fourth-order valence-corrected chi connectivity index (χ4v) is 4.78. The molecule has 1 aliphatic heterocycles. The van der Waals surface area contributed by atoms with Gasteiger partial charge in [0.1, 0.15) is 11.5 Å². The Kier molecular flexibility index (Phi) is 8.66. The number of nitrogens with one attached hydrogen (secondary N) is 4. The SMILES string of the molecule is CC1CCN(CC(C)(C)NC(=O)c2[nH]cnc2C(=O)Nc2ccc(NC(=O)c3ccc(F)cc3Cl)cc2)CC1. The number of carbonyl (C=O) groups excluding carboxylic acids is 3. The number of hydrogen-bond acceptors (Lipinski definition) is 5. The summed E-state index contributed by atoms with van der Waals surface area (Å²) in [5.74, 6) is -1.28. The monoisotopic (exact) mass is 554 g/mol. The van der Waals surface area contributed by atoms with E-state index < -0.39 is 29.1 Å². The number of likely N-dealkylation sites (tertiary alicyclic amines) is 1. The van der Waals surface area contributed by atoms with Crippen molar-refractivity contribution < 1.29 is 18.8 Å². The Morgan fingerprint density at radius 1 is 1.03 bits per heavy atom. The Balaban J connectivity index is 1.35. The van der Waals surface area contributed by atoms with Crippen LogP contribution in [0, 0.1) is 11.7 Å². The molecule has 4 N–H and O–H groups in total. The number of nitrogens with zero attached hydrogens (tertiary/aromatic N) is 2. The number of amides is 3. The quantitative estimate of drug-likeness (QED) is 0.314. The van der Waals surface area contributed by atoms with Gasteiger partial charge in [0.15, 0.2) is 5.69 Å². The number of H-pyrrole nitrogens is 1. The van der Waals surface area contributed by atoms with Crippen LogP contribution in [0.25, 0.3) is 0 Å². The number of aromatic nitrogens is 2. The lowest BCUT2D eigenvalue weighted by atomic mass is 9.96. The van der Waals surface area contributed by atoms with Gasteiger partial charge in [0, 0.05) is 23.5 Å². The molecule has 1 aliphatic rings. The number of benzene rings is 2. The summed E-state index contributed by atoms with van der Waals surface area (Å²) in [6.07, 6.45) is 3.59. The smallest absolute Gasteiger partial charge is 0.276 e. The van der Waals surface area contributed by atoms with E-state index >= 15 is 0 Å². The van der Waals surface area contributed by atoms with Crippen LogP contribution >= 0.6 is 11.6 Å². The third-order valence-corrected chi connectivity index (χ3v) is 6.92. The van der Waals surface area contributed by atoms with Crippen molar-refractivity contribution in [1.82, 2.24) is 20.2 Å². The number of imidazole rings is 1. The molecule has 11 heteroatoms. The van der Waals surface area contributed by atoms with E-state index in [4.69, 9.17) is 11.6 Å². The van der Waals surface area contributed by atoms with Gasteiger partial charge in [-0.1, -0.05) is 18.5 Å². The molecule has 1 saturated heterocycles. The average molecular weight is 555 g/mol. The molecule has 9 nitrogen and oxygen atoms in total. The summed E-state index contributed by atoms with van der Waals surface area (Å²) in [6, 6.07) is 9.88. The Bertz CT molecular complexity index is 1350. The average Bonchev–Trinajstić information content (AvgIpc) is 3.37. The molecule has 0 aliphatic carbocycles. The molecule has 2 aromatic carbocycles. The molecule has 0 radical (unpaired) electrons. The zero-order chi connectivity index (χ0) is 28.2. The lowest BCUT2D eigenvalue weighted by molar-refractivity contribution is 0.0856. The molecule has 2 heterocycles. The molecule has 39 heavy (non-hydrogen) atoms. The van der Waals surface area contributed by atoms with Gasteiger partial charge in [-0.2, -0.15) is 0 Å². The summed E-state index contributed by atoms with van der Waals surface area (Å²) in [5.41, 5.74) is 0.560. The van der Waals surface area contributed by atoms with Crippen molar-refractivity contribution >= 4 is 40.7 Å². The zero-order valence-electron chi connectivity index (χ0n) is 22.1. The Labute approximate surface area is 231 Å². The molecule has 0 unspecified atom stereocenters. The Morgan fingerprint density at radius 3 is 2.26 bits per heavy atom. The van der Waals surface area contributed by atoms with Crippen molar-refractivity contribution in [3.8, 4) is 0 Å². The van der Waals surface area contributed by atoms with Gasteiger partial charge in [0.2, 0.25) is 0 Å². The largest absolute Gasteiger partial charge is 0.345 e. The van der Waals surface area contributed by atoms with E-state index in [1.807, 2.05) is 13.8 Å². The second kappa shape index (κ2) is 12.0. The van der Waals surface area contributed by atoms with Gasteiger partial charge in [0.25, 0.3) is 17.7 Å². The van der Waals surface area contributed by atoms with Crippen molar-refractivity contribution in [3.05, 3.63) is 76.6 Å². The fraction of sp³-hybridized carbons (Fsp3) is 0.357. The number of piperidine rings is 1. The maximum atomic E-state index is 13.2. The number of aromatic amines is 1. The minimum atomic E-state index is -0.556. The summed E-state index contributed by atoms with van der Waals surface area (Å²) in [6.45, 7) is 8.89. The van der Waals surface area contributed by atoms with Crippen LogP contribution in [-0.2, 0) is 0 Å². The summed E-state index contributed by atoms with van der Waals surface area (Å²) < 4.78 is 13.2. The van der Waals surface area contributed by atoms with E-state index in [9.17, 15) is 18.8 Å². The first-order chi connectivity index (χ1) is 18.5. The van der Waals surface area contributed by atoms with Crippen LogP contribution in [0.5, 0.6) is 0 Å². The van der Waals surface area contributed by atoms with Crippen molar-refractivity contribution in [2.75, 3.05) is 30.3 Å². The highest BCUT2D eigenvalue weighted by Gasteiger charge is 2.29. The van der Waals surface area contributed by atoms with Crippen LogP contribution in [0.1, 0.15) is 64.9 Å². The van der Waals surface area contributed by atoms with E-state index in [0.29, 0.717) is 17.9 Å². The third kappa shape index (κ3) is 7.42. The summed E-state index contributed by atoms with van der Waals surface area (Å²) in [5, 5.41) is 8.41. The van der Waals surface area contributed by atoms with Crippen LogP contribution in [0.2, 0.25) is 5.02 Å². The first-order valence-corrected chi connectivity index (χ1v) is 13.1. The van der Waals surface area contributed by atoms with Gasteiger partial charge in [-0.05, 0) is 88.2 Å². The van der Waals surface area contributed by atoms with Gasteiger partial charge in [0.05, 0.1) is 16.9 Å². The molecule has 1 aromatic heterocycles. The van der Waals surface area contributed by atoms with Gasteiger partial charge < -0.3 is 25.8 Å². The molecule has 3 aromatic rings. The Morgan fingerprint density at radius 2 is 1.64 bits per heavy atom. The highest BCUT2D eigenvalue weighted by atomic mass is 35.5. The van der Waals surface area contributed by atoms with E-state index in [1.165, 1.54) is 12.4 Å². The highest BCUT2D eigenvalue weighted by Crippen LogP contribution is 2.21. The third-order valence-electron chi connectivity index (χ3n) is 6.60. The van der Waals surface area contributed by atoms with Crippen LogP contribution < -0.4 is 16.0 Å². The second-order valence-electron chi connectivity index (χ2n) is 10.5. The van der Waals surface area contributed by atoms with Gasteiger partial charge in [-0.25, -0.2) is 9.37 Å². The van der Waals surface area contributed by atoms with Crippen LogP contribution in [0.15, 0.2) is 48.8 Å². The molecule has 0 saturated carbocycles. The maximum Gasteiger partial charge on any atom is 0.276 e. The number of halogens is 2. The highest BCUT2D eigenvalue weighted by molar-refractivity contribution is 6.34. The van der Waals surface area contributed by atoms with Crippen molar-refractivity contribution in [1.29, 1.82) is 0 Å². The Hall–Kier alpha value is -3.76. The van der Waals surface area contributed by atoms with Crippen molar-refractivity contribution in [3.63, 3.8) is 0 Å². The van der Waals surface area contributed by atoms with Crippen LogP contribution in [0.4, 0.5) is 15.8 Å². The lowest BCUT2D eigenvalue weighted by Crippen LogP contribution is -2.53. The number of rotatable bonds is 8. The molecule has 0 spiro atoms. The van der Waals surface area contributed by atoms with Crippen LogP contribution in [-0.4, -0.2) is 57.8 Å². The number of hydrogen-bond donors (Lipinski definition) is 4. The number of anilines is 2. The predicted molar refractivity (Wildman–Crippen MR) is 149 cm³/mol. The number of carbonyl (C=O) groups is 3. The molecular formula is C28H32ClFN6O3. The maximum absolute atomic E-state index is 13.2. The topological polar surface area (TPSA) is 119 Å². The van der Waals surface area contributed by atoms with E-state index in [0.717, 1.165) is 44.0 Å².